The van der Waals surface area contributed by atoms with Gasteiger partial charge in [-0.2, -0.15) is 26.3 Å². The minimum Gasteiger partial charge on any atom is -0.484 e. The van der Waals surface area contributed by atoms with Crippen molar-refractivity contribution in [2.45, 2.75) is 103 Å². The van der Waals surface area contributed by atoms with Crippen molar-refractivity contribution in [3.63, 3.8) is 0 Å². The van der Waals surface area contributed by atoms with E-state index in [9.17, 15) is 35.9 Å². The van der Waals surface area contributed by atoms with E-state index in [0.717, 1.165) is 49.9 Å². The van der Waals surface area contributed by atoms with Crippen molar-refractivity contribution in [1.82, 2.24) is 9.97 Å². The molecule has 2 aromatic heterocycles. The number of halogens is 8. The molecular formula is C52H48Cl2F6N2O5. The number of aromatic nitrogens is 2. The molecule has 0 saturated carbocycles. The molecule has 15 heteroatoms. The van der Waals surface area contributed by atoms with Gasteiger partial charge in [-0.15, -0.1) is 0 Å². The molecule has 2 atom stereocenters. The van der Waals surface area contributed by atoms with Gasteiger partial charge in [0.2, 0.25) is 0 Å². The van der Waals surface area contributed by atoms with Gasteiger partial charge in [-0.25, -0.2) is 9.97 Å². The molecule has 6 aromatic rings. The van der Waals surface area contributed by atoms with Crippen LogP contribution in [0.4, 0.5) is 26.3 Å². The van der Waals surface area contributed by atoms with Crippen molar-refractivity contribution in [3.8, 4) is 34.0 Å². The number of alkyl halides is 6. The molecule has 4 aromatic carbocycles. The maximum Gasteiger partial charge on any atom is 0.416 e. The lowest BCUT2D eigenvalue weighted by Crippen LogP contribution is -2.14. The molecule has 0 radical (unpaired) electrons. The van der Waals surface area contributed by atoms with Gasteiger partial charge in [-0.1, -0.05) is 98.4 Å². The number of ether oxygens (including phenoxy) is 3. The van der Waals surface area contributed by atoms with Crippen LogP contribution in [-0.4, -0.2) is 21.9 Å². The van der Waals surface area contributed by atoms with Crippen molar-refractivity contribution in [3.05, 3.63) is 165 Å². The van der Waals surface area contributed by atoms with Crippen LogP contribution in [0.2, 0.25) is 10.0 Å². The van der Waals surface area contributed by atoms with Crippen LogP contribution >= 0.6 is 23.2 Å². The van der Waals surface area contributed by atoms with Gasteiger partial charge in [-0.05, 0) is 122 Å². The third kappa shape index (κ3) is 14.5. The third-order valence-corrected chi connectivity index (χ3v) is 11.5. The van der Waals surface area contributed by atoms with E-state index in [1.807, 2.05) is 19.9 Å². The number of unbranched alkanes of at least 4 members (excludes halogenated alkanes) is 2. The summed E-state index contributed by atoms with van der Waals surface area (Å²) in [5.41, 5.74) is 3.16. The van der Waals surface area contributed by atoms with Gasteiger partial charge in [0.05, 0.1) is 51.8 Å². The standard InChI is InChI=1S/C52H48Cl2F6N2O5/c1-3-5-13-47(44-11-7-9-42(61-44)35-17-23-37(24-18-35)51(55,56)57)65-39-27-21-34(40(53)32-39)22-30-50(64)67-49(63)29-16-33-15-28-46(41(54)31-33)66-48(14-6-4-2)45-12-8-10-43(62-45)36-19-25-38(26-20-36)52(58,59)60/h7-12,15,17-21,23-28,31-32,47-48H,3-6,13-14,16,22,29-30H2,1-2H3. The fourth-order valence-electron chi connectivity index (χ4n) is 7.19. The summed E-state index contributed by atoms with van der Waals surface area (Å²) in [5.74, 6) is -0.561. The fraction of sp³-hybridized carbons (Fsp3) is 0.308. The monoisotopic (exact) mass is 964 g/mol. The molecule has 6 rings (SSSR count). The highest BCUT2D eigenvalue weighted by molar-refractivity contribution is 6.32. The van der Waals surface area contributed by atoms with Gasteiger partial charge in [0.15, 0.2) is 0 Å². The Morgan fingerprint density at radius 1 is 0.582 bits per heavy atom. The molecule has 0 N–H and O–H groups in total. The number of carbonyl (C=O) groups is 2. The Bertz CT molecular complexity index is 2610. The number of aryl methyl sites for hydroxylation is 2. The second kappa shape index (κ2) is 23.2. The van der Waals surface area contributed by atoms with Gasteiger partial charge in [0.1, 0.15) is 23.7 Å². The summed E-state index contributed by atoms with van der Waals surface area (Å²) in [7, 11) is 0. The lowest BCUT2D eigenvalue weighted by Gasteiger charge is -2.20. The zero-order chi connectivity index (χ0) is 48.1. The molecule has 0 amide bonds. The van der Waals surface area contributed by atoms with Crippen molar-refractivity contribution in [2.24, 2.45) is 0 Å². The number of nitrogens with zero attached hydrogens (tertiary/aromatic N) is 2. The Morgan fingerprint density at radius 2 is 1.09 bits per heavy atom. The number of benzene rings is 4. The van der Waals surface area contributed by atoms with Gasteiger partial charge in [0, 0.05) is 16.1 Å². The molecule has 0 saturated heterocycles. The molecular weight excluding hydrogens is 917 g/mol. The number of pyridine rings is 2. The first-order chi connectivity index (χ1) is 32.0. The minimum atomic E-state index is -4.44. The molecule has 67 heavy (non-hydrogen) atoms. The zero-order valence-corrected chi connectivity index (χ0v) is 38.2. The van der Waals surface area contributed by atoms with E-state index < -0.39 is 47.6 Å². The second-order valence-electron chi connectivity index (χ2n) is 15.9. The Hall–Kier alpha value is -5.92. The highest BCUT2D eigenvalue weighted by atomic mass is 35.5. The van der Waals surface area contributed by atoms with Crippen molar-refractivity contribution in [2.75, 3.05) is 0 Å². The maximum atomic E-state index is 13.1. The quantitative estimate of drug-likeness (QED) is 0.0428. The minimum absolute atomic E-state index is 0.0872. The molecule has 352 valence electrons. The lowest BCUT2D eigenvalue weighted by molar-refractivity contribution is -0.159. The topological polar surface area (TPSA) is 87.6 Å². The summed E-state index contributed by atoms with van der Waals surface area (Å²) >= 11 is 13.3. The van der Waals surface area contributed by atoms with Gasteiger partial charge in [0.25, 0.3) is 0 Å². The summed E-state index contributed by atoms with van der Waals surface area (Å²) in [6.07, 6.45) is -4.94. The normalized spacial score (nSPS) is 12.6. The average Bonchev–Trinajstić information content (AvgIpc) is 3.31. The summed E-state index contributed by atoms with van der Waals surface area (Å²) in [6.45, 7) is 4.09. The van der Waals surface area contributed by atoms with Crippen molar-refractivity contribution < 1.29 is 50.1 Å². The lowest BCUT2D eigenvalue weighted by atomic mass is 10.1. The predicted molar refractivity (Wildman–Crippen MR) is 246 cm³/mol. The van der Waals surface area contributed by atoms with E-state index in [1.54, 1.807) is 66.7 Å². The smallest absolute Gasteiger partial charge is 0.416 e. The van der Waals surface area contributed by atoms with Crippen LogP contribution in [0, 0.1) is 0 Å². The number of hydrogen-bond donors (Lipinski definition) is 0. The van der Waals surface area contributed by atoms with Crippen LogP contribution in [0.5, 0.6) is 11.5 Å². The van der Waals surface area contributed by atoms with E-state index in [2.05, 4.69) is 0 Å². The first-order valence-electron chi connectivity index (χ1n) is 21.9. The van der Waals surface area contributed by atoms with Crippen LogP contribution in [-0.2, 0) is 39.5 Å². The van der Waals surface area contributed by atoms with Crippen LogP contribution in [0.3, 0.4) is 0 Å². The molecule has 7 nitrogen and oxygen atoms in total. The zero-order valence-electron chi connectivity index (χ0n) is 36.7. The van der Waals surface area contributed by atoms with E-state index in [1.165, 1.54) is 24.3 Å². The number of hydrogen-bond acceptors (Lipinski definition) is 7. The molecule has 0 aliphatic rings. The largest absolute Gasteiger partial charge is 0.484 e. The highest BCUT2D eigenvalue weighted by Crippen LogP contribution is 2.36. The summed E-state index contributed by atoms with van der Waals surface area (Å²) < 4.78 is 96.5. The van der Waals surface area contributed by atoms with Gasteiger partial charge >= 0.3 is 24.3 Å². The first kappa shape index (κ1) is 50.5. The molecule has 0 spiro atoms. The van der Waals surface area contributed by atoms with E-state index in [-0.39, 0.29) is 25.7 Å². The second-order valence-corrected chi connectivity index (χ2v) is 16.7. The number of esters is 2. The number of rotatable bonds is 20. The van der Waals surface area contributed by atoms with Gasteiger partial charge in [-0.3, -0.25) is 9.59 Å². The van der Waals surface area contributed by atoms with Crippen LogP contribution in [0.25, 0.3) is 22.5 Å². The van der Waals surface area contributed by atoms with E-state index in [4.69, 9.17) is 47.4 Å². The molecule has 2 heterocycles. The van der Waals surface area contributed by atoms with Crippen LogP contribution in [0.1, 0.15) is 111 Å². The molecule has 2 unspecified atom stereocenters. The molecule has 0 aliphatic heterocycles. The summed E-state index contributed by atoms with van der Waals surface area (Å²) in [5, 5.41) is 0.649. The predicted octanol–water partition coefficient (Wildman–Crippen LogP) is 15.4. The molecule has 0 fully saturated rings. The molecule has 0 aliphatic carbocycles. The Kier molecular flexibility index (Phi) is 17.5. The van der Waals surface area contributed by atoms with Crippen molar-refractivity contribution >= 4 is 35.1 Å². The first-order valence-corrected chi connectivity index (χ1v) is 22.7. The van der Waals surface area contributed by atoms with Crippen molar-refractivity contribution in [1.29, 1.82) is 0 Å². The maximum absolute atomic E-state index is 13.1. The Morgan fingerprint density at radius 3 is 1.57 bits per heavy atom. The SMILES string of the molecule is CCCCC(Oc1ccc(CCC(=O)OC(=O)CCc2ccc(OC(CCCC)c3cccc(-c4ccc(C(F)(F)F)cc4)n3)c(Cl)c2)c(Cl)c1)c1cccc(-c2ccc(C(F)(F)F)cc2)n1. The molecule has 0 bridgehead atoms. The van der Waals surface area contributed by atoms with Crippen LogP contribution in [0.15, 0.2) is 121 Å². The Balaban J connectivity index is 0.999. The summed E-state index contributed by atoms with van der Waals surface area (Å²) in [4.78, 5) is 34.8. The van der Waals surface area contributed by atoms with E-state index >= 15 is 0 Å². The van der Waals surface area contributed by atoms with E-state index in [0.29, 0.717) is 79.4 Å². The average molecular weight is 966 g/mol. The Labute approximate surface area is 395 Å². The fourth-order valence-corrected chi connectivity index (χ4v) is 7.70. The van der Waals surface area contributed by atoms with Gasteiger partial charge < -0.3 is 14.2 Å². The number of carbonyl (C=O) groups excluding carboxylic acids is 2. The highest BCUT2D eigenvalue weighted by Gasteiger charge is 2.31. The van der Waals surface area contributed by atoms with Crippen LogP contribution < -0.4 is 9.47 Å². The third-order valence-electron chi connectivity index (χ3n) is 10.9. The summed E-state index contributed by atoms with van der Waals surface area (Å²) in [6, 6.07) is 30.5.